The van der Waals surface area contributed by atoms with E-state index in [1.165, 1.54) is 113 Å². The Morgan fingerprint density at radius 1 is 0.411 bits per heavy atom. The highest BCUT2D eigenvalue weighted by Crippen LogP contribution is 2.34. The Balaban J connectivity index is -0.000000127. The molecule has 0 aliphatic heterocycles. The Hall–Kier alpha value is -4.16. The highest BCUT2D eigenvalue weighted by molar-refractivity contribution is 5.83. The van der Waals surface area contributed by atoms with Gasteiger partial charge in [0, 0.05) is 36.1 Å². The molecule has 1 saturated carbocycles. The van der Waals surface area contributed by atoms with E-state index in [9.17, 15) is 4.79 Å². The van der Waals surface area contributed by atoms with Crippen LogP contribution in [-0.2, 0) is 23.1 Å². The van der Waals surface area contributed by atoms with E-state index in [0.29, 0.717) is 59.9 Å². The molecular formula is C109H209NO2. The molecule has 662 valence electrons. The number of ketones is 1. The number of carbonyl (C=O) groups excluding carboxylic acids is 1. The number of ether oxygens (including phenoxy) is 1. The van der Waals surface area contributed by atoms with E-state index in [1.807, 2.05) is 51.1 Å². The van der Waals surface area contributed by atoms with E-state index in [2.05, 4.69) is 387 Å². The number of nitrogens with zero attached hydrogens (tertiary/aromatic N) is 1. The summed E-state index contributed by atoms with van der Waals surface area (Å²) >= 11 is 0. The molecule has 4 aromatic rings. The van der Waals surface area contributed by atoms with Crippen LogP contribution in [0.25, 0.3) is 0 Å². The Bertz CT molecular complexity index is 2610. The lowest BCUT2D eigenvalue weighted by molar-refractivity contribution is -0.126. The predicted octanol–water partition coefficient (Wildman–Crippen LogP) is 37.6. The van der Waals surface area contributed by atoms with Gasteiger partial charge in [0.2, 0.25) is 0 Å². The van der Waals surface area contributed by atoms with Gasteiger partial charge in [-0.1, -0.05) is 462 Å². The molecule has 0 amide bonds. The van der Waals surface area contributed by atoms with Gasteiger partial charge in [-0.2, -0.15) is 0 Å². The molecule has 0 spiro atoms. The maximum absolute atomic E-state index is 11.6. The summed E-state index contributed by atoms with van der Waals surface area (Å²) in [5.41, 5.74) is 9.25. The van der Waals surface area contributed by atoms with Gasteiger partial charge in [-0.25, -0.2) is 0 Å². The molecule has 0 radical (unpaired) electrons. The molecule has 1 aromatic heterocycles. The highest BCUT2D eigenvalue weighted by atomic mass is 16.5. The van der Waals surface area contributed by atoms with Gasteiger partial charge >= 0.3 is 0 Å². The topological polar surface area (TPSA) is 39.2 Å². The minimum atomic E-state index is -0.155. The molecule has 3 heteroatoms. The number of rotatable bonds is 10. The summed E-state index contributed by atoms with van der Waals surface area (Å²) in [4.78, 5) is 15.3. The molecule has 0 bridgehead atoms. The van der Waals surface area contributed by atoms with Crippen LogP contribution in [0, 0.1) is 82.7 Å². The fraction of sp³-hybridized carbons (Fsp3) is 0.761. The Morgan fingerprint density at radius 2 is 0.750 bits per heavy atom. The Kier molecular flexibility index (Phi) is 75.6. The van der Waals surface area contributed by atoms with Crippen molar-refractivity contribution in [1.82, 2.24) is 4.98 Å². The minimum absolute atomic E-state index is 0. The largest absolute Gasteiger partial charge is 0.497 e. The van der Waals surface area contributed by atoms with Crippen LogP contribution in [-0.4, -0.2) is 17.9 Å². The number of Topliss-reactive ketones (excluding diaryl/α,β-unsaturated/α-hetero) is 1. The van der Waals surface area contributed by atoms with E-state index in [-0.39, 0.29) is 31.1 Å². The summed E-state index contributed by atoms with van der Waals surface area (Å²) in [6.45, 7) is 102. The van der Waals surface area contributed by atoms with Crippen molar-refractivity contribution in [3.63, 3.8) is 0 Å². The van der Waals surface area contributed by atoms with E-state index in [1.54, 1.807) is 19.5 Å². The van der Waals surface area contributed by atoms with Crippen molar-refractivity contribution in [3.05, 3.63) is 132 Å². The lowest BCUT2D eigenvalue weighted by Gasteiger charge is -2.28. The smallest absolute Gasteiger partial charge is 0.138 e. The highest BCUT2D eigenvalue weighted by Gasteiger charge is 2.23. The Labute approximate surface area is 711 Å². The predicted molar refractivity (Wildman–Crippen MR) is 522 cm³/mol. The average molecular weight is 1570 g/mol. The van der Waals surface area contributed by atoms with Gasteiger partial charge in [0.25, 0.3) is 0 Å². The van der Waals surface area contributed by atoms with Crippen LogP contribution in [0.15, 0.2) is 116 Å². The van der Waals surface area contributed by atoms with E-state index >= 15 is 0 Å². The van der Waals surface area contributed by atoms with Crippen molar-refractivity contribution in [2.24, 2.45) is 70.9 Å². The van der Waals surface area contributed by atoms with Gasteiger partial charge in [0.05, 0.1) is 7.11 Å². The summed E-state index contributed by atoms with van der Waals surface area (Å²) in [7, 11) is 1.69. The third-order valence-corrected chi connectivity index (χ3v) is 16.1. The molecule has 1 fully saturated rings. The molecule has 0 atom stereocenters. The molecule has 0 saturated heterocycles. The third kappa shape index (κ3) is 129. The molecule has 1 heterocycles. The number of benzene rings is 3. The molecule has 3 nitrogen and oxygen atoms in total. The number of hydrogen-bond donors (Lipinski definition) is 0. The number of hydrogen-bond acceptors (Lipinski definition) is 3. The van der Waals surface area contributed by atoms with Crippen molar-refractivity contribution in [2.45, 2.75) is 467 Å². The lowest BCUT2D eigenvalue weighted by Crippen LogP contribution is -2.20. The molecule has 0 N–H and O–H groups in total. The van der Waals surface area contributed by atoms with Crippen LogP contribution in [0.5, 0.6) is 5.75 Å². The minimum Gasteiger partial charge on any atom is -0.497 e. The molecule has 5 rings (SSSR count). The summed E-state index contributed by atoms with van der Waals surface area (Å²) in [6.07, 6.45) is 29.0. The van der Waals surface area contributed by atoms with Crippen LogP contribution in [0.1, 0.15) is 466 Å². The fourth-order valence-electron chi connectivity index (χ4n) is 9.26. The third-order valence-electron chi connectivity index (χ3n) is 16.1. The maximum Gasteiger partial charge on any atom is 0.138 e. The average Bonchev–Trinajstić information content (AvgIpc) is 0.864. The first-order valence-corrected chi connectivity index (χ1v) is 43.9. The van der Waals surface area contributed by atoms with Gasteiger partial charge in [-0.3, -0.25) is 9.78 Å². The summed E-state index contributed by atoms with van der Waals surface area (Å²) in [5, 5.41) is 0. The van der Waals surface area contributed by atoms with Crippen LogP contribution < -0.4 is 4.74 Å². The van der Waals surface area contributed by atoms with E-state index in [0.717, 1.165) is 43.8 Å². The van der Waals surface area contributed by atoms with Crippen LogP contribution in [0.3, 0.4) is 0 Å². The molecule has 0 unspecified atom stereocenters. The van der Waals surface area contributed by atoms with Crippen molar-refractivity contribution < 1.29 is 9.53 Å². The molecule has 1 aliphatic carbocycles. The summed E-state index contributed by atoms with van der Waals surface area (Å²) in [6, 6.07) is 35.3. The number of aromatic nitrogens is 1. The SMILES string of the molecule is C.C.CC(C)(C)C.CC(C)(C)C#CCC(C)(C)C.CC(C)(C)CC1CCCCC1.CC(C)(C)CCCC(=O)C(C)(C)C.CC(C)(C)CCc1ccccc1.CC(C)(C)Cc1ccccc1.CCC.CCC(C)(C)C.CCC(C)(C)C.CCCC(C)(C)C.CCCC(C)(C)C.COc1ccc(C(C)(C)C)cc1.c1ccncc1. The normalized spacial score (nSPS) is 12.4. The first-order valence-electron chi connectivity index (χ1n) is 43.9. The number of aryl methyl sites for hydroxylation is 1. The standard InChI is InChI=1S/C12H24O.C12H18.C11H16O.C11H22.C11H16.C11H20.2C7H16.2C6H14.C5H5N.C5H12.C3H8.2CH4/c1-11(2,3)9-7-8-10(13)12(4,5)6;1-12(2,3)10-9-11-7-5-4-6-8-11;1-11(2,3)9-5-7-10(12-4)8-6-9;2*1-11(2,3)9-10-7-5-4-6-8-10;1-10(2,3)8-7-9-11(4,5)6;2*1-5-6-7(2,3)4;2*1-5-6(2,3)4;1-2-4-6-5-3-1;1-5(2,3)4;1-3-2;;/h7-9H2,1-6H3;4-8H,9-10H2,1-3H3;5-8H,1-4H3;10H,4-9H2,1-3H3;4-8H,9H2,1-3H3;8H2,1-6H3;2*5-6H2,1-4H3;2*5H2,1-4H3;1-5H;1-4H3;3H2,1-2H3;2*1H4. The Morgan fingerprint density at radius 3 is 0.982 bits per heavy atom. The molecule has 1 aliphatic rings. The monoisotopic (exact) mass is 1560 g/mol. The second-order valence-electron chi connectivity index (χ2n) is 46.6. The summed E-state index contributed by atoms with van der Waals surface area (Å²) < 4.78 is 5.08. The van der Waals surface area contributed by atoms with Crippen LogP contribution >= 0.6 is 0 Å². The second-order valence-corrected chi connectivity index (χ2v) is 46.6. The van der Waals surface area contributed by atoms with Crippen molar-refractivity contribution >= 4 is 5.78 Å². The zero-order valence-electron chi connectivity index (χ0n) is 84.0. The van der Waals surface area contributed by atoms with E-state index in [4.69, 9.17) is 4.74 Å². The second kappa shape index (κ2) is 65.8. The van der Waals surface area contributed by atoms with E-state index < -0.39 is 0 Å². The zero-order chi connectivity index (χ0) is 88.4. The first kappa shape index (κ1) is 129. The number of pyridine rings is 1. The first-order chi connectivity index (χ1) is 49.3. The van der Waals surface area contributed by atoms with Gasteiger partial charge in [-0.15, -0.1) is 5.92 Å². The molecular weight excluding hydrogens is 1360 g/mol. The fourth-order valence-corrected chi connectivity index (χ4v) is 9.26. The van der Waals surface area contributed by atoms with Gasteiger partial charge in [-0.05, 0) is 179 Å². The van der Waals surface area contributed by atoms with Crippen LogP contribution in [0.2, 0.25) is 0 Å². The van der Waals surface area contributed by atoms with Crippen molar-refractivity contribution in [1.29, 1.82) is 0 Å². The summed E-state index contributed by atoms with van der Waals surface area (Å²) in [5.74, 6) is 8.79. The lowest BCUT2D eigenvalue weighted by atomic mass is 9.78. The quantitative estimate of drug-likeness (QED) is 0.149. The molecule has 112 heavy (non-hydrogen) atoms. The number of carbonyl (C=O) groups is 1. The van der Waals surface area contributed by atoms with Gasteiger partial charge < -0.3 is 4.74 Å². The van der Waals surface area contributed by atoms with Crippen LogP contribution in [0.4, 0.5) is 0 Å². The zero-order valence-corrected chi connectivity index (χ0v) is 84.0. The van der Waals surface area contributed by atoms with Crippen molar-refractivity contribution in [2.75, 3.05) is 7.11 Å². The maximum atomic E-state index is 11.6. The van der Waals surface area contributed by atoms with Crippen molar-refractivity contribution in [3.8, 4) is 17.6 Å². The van der Waals surface area contributed by atoms with Gasteiger partial charge in [0.15, 0.2) is 0 Å². The molecule has 3 aromatic carbocycles. The number of methoxy groups -OCH3 is 1. The van der Waals surface area contributed by atoms with Gasteiger partial charge in [0.1, 0.15) is 11.5 Å².